The number of phenols is 1. The lowest BCUT2D eigenvalue weighted by atomic mass is 10.2. The van der Waals surface area contributed by atoms with Gasteiger partial charge in [0.25, 0.3) is 0 Å². The van der Waals surface area contributed by atoms with E-state index in [2.05, 4.69) is 4.99 Å². The summed E-state index contributed by atoms with van der Waals surface area (Å²) in [5, 5.41) is 18.6. The van der Waals surface area contributed by atoms with Crippen molar-refractivity contribution in [3.8, 4) is 17.6 Å². The van der Waals surface area contributed by atoms with Gasteiger partial charge in [-0.05, 0) is 43.3 Å². The van der Waals surface area contributed by atoms with Gasteiger partial charge in [0.05, 0.1) is 23.9 Å². The summed E-state index contributed by atoms with van der Waals surface area (Å²) in [5.41, 5.74) is 1.92. The minimum Gasteiger partial charge on any atom is -0.507 e. The zero-order chi connectivity index (χ0) is 14.4. The fraction of sp³-hybridized carbons (Fsp3) is 0.125. The number of aromatic hydroxyl groups is 1. The fourth-order valence-corrected chi connectivity index (χ4v) is 1.66. The van der Waals surface area contributed by atoms with Crippen molar-refractivity contribution in [3.05, 3.63) is 53.6 Å². The molecule has 0 spiro atoms. The van der Waals surface area contributed by atoms with E-state index in [1.165, 1.54) is 0 Å². The summed E-state index contributed by atoms with van der Waals surface area (Å²) in [5.74, 6) is 0.744. The maximum Gasteiger partial charge on any atom is 0.128 e. The summed E-state index contributed by atoms with van der Waals surface area (Å²) in [6.07, 6.45) is 1.58. The van der Waals surface area contributed by atoms with Crippen LogP contribution in [0.4, 0.5) is 5.69 Å². The zero-order valence-corrected chi connectivity index (χ0v) is 11.1. The average Bonchev–Trinajstić information content (AvgIpc) is 2.47. The van der Waals surface area contributed by atoms with Crippen LogP contribution in [-0.2, 0) is 0 Å². The molecule has 0 heterocycles. The minimum absolute atomic E-state index is 0.119. The van der Waals surface area contributed by atoms with Crippen LogP contribution in [0.1, 0.15) is 18.1 Å². The molecule has 1 N–H and O–H groups in total. The van der Waals surface area contributed by atoms with Crippen molar-refractivity contribution in [1.82, 2.24) is 0 Å². The van der Waals surface area contributed by atoms with Crippen LogP contribution in [0.15, 0.2) is 47.5 Å². The van der Waals surface area contributed by atoms with Gasteiger partial charge in [0.15, 0.2) is 0 Å². The Kier molecular flexibility index (Phi) is 4.35. The lowest BCUT2D eigenvalue weighted by Crippen LogP contribution is -1.92. The third-order valence-electron chi connectivity index (χ3n) is 2.66. The number of phenolic OH excluding ortho intramolecular Hbond substituents is 1. The van der Waals surface area contributed by atoms with Gasteiger partial charge in [0.1, 0.15) is 11.5 Å². The molecule has 100 valence electrons. The molecule has 0 aliphatic heterocycles. The lowest BCUT2D eigenvalue weighted by Gasteiger charge is -2.04. The molecular weight excluding hydrogens is 252 g/mol. The molecule has 0 unspecified atom stereocenters. The molecule has 0 atom stereocenters. The molecule has 4 nitrogen and oxygen atoms in total. The highest BCUT2D eigenvalue weighted by Gasteiger charge is 2.01. The first-order chi connectivity index (χ1) is 9.72. The topological polar surface area (TPSA) is 65.6 Å². The number of nitriles is 1. The number of ether oxygens (including phenoxy) is 1. The second kappa shape index (κ2) is 6.39. The Morgan fingerprint density at radius 3 is 2.60 bits per heavy atom. The molecule has 0 amide bonds. The summed E-state index contributed by atoms with van der Waals surface area (Å²) in [6, 6.07) is 14.0. The van der Waals surface area contributed by atoms with Crippen LogP contribution in [0.25, 0.3) is 0 Å². The third-order valence-corrected chi connectivity index (χ3v) is 2.66. The predicted molar refractivity (Wildman–Crippen MR) is 77.7 cm³/mol. The van der Waals surface area contributed by atoms with Gasteiger partial charge >= 0.3 is 0 Å². The second-order valence-electron chi connectivity index (χ2n) is 4.07. The zero-order valence-electron chi connectivity index (χ0n) is 11.1. The highest BCUT2D eigenvalue weighted by atomic mass is 16.5. The van der Waals surface area contributed by atoms with E-state index >= 15 is 0 Å². The van der Waals surface area contributed by atoms with E-state index in [-0.39, 0.29) is 5.75 Å². The van der Waals surface area contributed by atoms with Crippen LogP contribution in [0.3, 0.4) is 0 Å². The number of aliphatic imine (C=N–C) groups is 1. The van der Waals surface area contributed by atoms with E-state index in [0.29, 0.717) is 23.5 Å². The van der Waals surface area contributed by atoms with E-state index < -0.39 is 0 Å². The van der Waals surface area contributed by atoms with Crippen molar-refractivity contribution >= 4 is 11.9 Å². The molecule has 0 saturated heterocycles. The first-order valence-electron chi connectivity index (χ1n) is 6.23. The number of hydrogen-bond donors (Lipinski definition) is 1. The van der Waals surface area contributed by atoms with Gasteiger partial charge in [-0.3, -0.25) is 4.99 Å². The molecule has 2 aromatic rings. The Morgan fingerprint density at radius 1 is 1.25 bits per heavy atom. The standard InChI is InChI=1S/C16H14N2O2/c1-2-20-15-8-5-13(16(19)9-15)11-18-14-6-3-12(10-17)4-7-14/h3-9,11,19H,2H2,1H3. The van der Waals surface area contributed by atoms with E-state index in [1.54, 1.807) is 48.7 Å². The van der Waals surface area contributed by atoms with Crippen molar-refractivity contribution in [3.63, 3.8) is 0 Å². The molecule has 0 fully saturated rings. The van der Waals surface area contributed by atoms with Gasteiger partial charge in [0.2, 0.25) is 0 Å². The van der Waals surface area contributed by atoms with Crippen molar-refractivity contribution in [2.45, 2.75) is 6.92 Å². The Hall–Kier alpha value is -2.80. The number of rotatable bonds is 4. The maximum atomic E-state index is 9.86. The summed E-state index contributed by atoms with van der Waals surface area (Å²) in [6.45, 7) is 2.44. The van der Waals surface area contributed by atoms with Crippen molar-refractivity contribution in [2.75, 3.05) is 6.61 Å². The first-order valence-corrected chi connectivity index (χ1v) is 6.23. The van der Waals surface area contributed by atoms with Crippen molar-refractivity contribution < 1.29 is 9.84 Å². The highest BCUT2D eigenvalue weighted by molar-refractivity contribution is 5.85. The van der Waals surface area contributed by atoms with E-state index in [0.717, 1.165) is 5.69 Å². The Bertz CT molecular complexity index is 655. The molecule has 2 aromatic carbocycles. The summed E-state index contributed by atoms with van der Waals surface area (Å²) in [7, 11) is 0. The molecule has 0 bridgehead atoms. The van der Waals surface area contributed by atoms with Crippen LogP contribution < -0.4 is 4.74 Å². The van der Waals surface area contributed by atoms with Crippen LogP contribution >= 0.6 is 0 Å². The van der Waals surface area contributed by atoms with Gasteiger partial charge < -0.3 is 9.84 Å². The van der Waals surface area contributed by atoms with E-state index in [9.17, 15) is 5.11 Å². The molecule has 0 saturated carbocycles. The van der Waals surface area contributed by atoms with Crippen molar-refractivity contribution in [2.24, 2.45) is 4.99 Å². The quantitative estimate of drug-likeness (QED) is 0.862. The Morgan fingerprint density at radius 2 is 2.00 bits per heavy atom. The van der Waals surface area contributed by atoms with Gasteiger partial charge in [-0.2, -0.15) is 5.26 Å². The summed E-state index contributed by atoms with van der Waals surface area (Å²) >= 11 is 0. The van der Waals surface area contributed by atoms with Crippen LogP contribution in [0.5, 0.6) is 11.5 Å². The predicted octanol–water partition coefficient (Wildman–Crippen LogP) is 3.41. The van der Waals surface area contributed by atoms with Crippen LogP contribution in [-0.4, -0.2) is 17.9 Å². The molecule has 0 radical (unpaired) electrons. The normalized spacial score (nSPS) is 10.4. The van der Waals surface area contributed by atoms with Gasteiger partial charge in [-0.1, -0.05) is 0 Å². The highest BCUT2D eigenvalue weighted by Crippen LogP contribution is 2.23. The number of nitrogens with zero attached hydrogens (tertiary/aromatic N) is 2. The maximum absolute atomic E-state index is 9.86. The molecule has 20 heavy (non-hydrogen) atoms. The number of benzene rings is 2. The molecule has 0 aliphatic rings. The van der Waals surface area contributed by atoms with Crippen LogP contribution in [0.2, 0.25) is 0 Å². The summed E-state index contributed by atoms with van der Waals surface area (Å²) < 4.78 is 5.29. The Balaban J connectivity index is 2.16. The van der Waals surface area contributed by atoms with E-state index in [1.807, 2.05) is 13.0 Å². The van der Waals surface area contributed by atoms with Gasteiger partial charge in [-0.25, -0.2) is 0 Å². The fourth-order valence-electron chi connectivity index (χ4n) is 1.66. The smallest absolute Gasteiger partial charge is 0.128 e. The number of hydrogen-bond acceptors (Lipinski definition) is 4. The van der Waals surface area contributed by atoms with Gasteiger partial charge in [-0.15, -0.1) is 0 Å². The Labute approximate surface area is 117 Å². The molecule has 0 aromatic heterocycles. The van der Waals surface area contributed by atoms with Crippen LogP contribution in [0, 0.1) is 11.3 Å². The SMILES string of the molecule is CCOc1ccc(C=Nc2ccc(C#N)cc2)c(O)c1. The van der Waals surface area contributed by atoms with Crippen molar-refractivity contribution in [1.29, 1.82) is 5.26 Å². The van der Waals surface area contributed by atoms with E-state index in [4.69, 9.17) is 10.00 Å². The lowest BCUT2D eigenvalue weighted by molar-refractivity contribution is 0.337. The largest absolute Gasteiger partial charge is 0.507 e. The molecule has 0 aliphatic carbocycles. The van der Waals surface area contributed by atoms with Gasteiger partial charge in [0, 0.05) is 17.8 Å². The molecular formula is C16H14N2O2. The minimum atomic E-state index is 0.119. The monoisotopic (exact) mass is 266 g/mol. The summed E-state index contributed by atoms with van der Waals surface area (Å²) in [4.78, 5) is 4.25. The molecule has 4 heteroatoms. The third kappa shape index (κ3) is 3.36. The first kappa shape index (κ1) is 13.6. The average molecular weight is 266 g/mol. The molecule has 2 rings (SSSR count). The second-order valence-corrected chi connectivity index (χ2v) is 4.07.